The first kappa shape index (κ1) is 24.6. The van der Waals surface area contributed by atoms with E-state index in [2.05, 4.69) is 20.0 Å². The molecule has 2 heterocycles. The van der Waals surface area contributed by atoms with E-state index in [9.17, 15) is 22.3 Å². The number of aromatic hydroxyl groups is 1. The molecule has 0 saturated carbocycles. The Kier molecular flexibility index (Phi) is 7.05. The molecular weight excluding hydrogens is 522 g/mol. The molecule has 4 aromatic rings. The summed E-state index contributed by atoms with van der Waals surface area (Å²) in [6, 6.07) is 11.4. The molecule has 0 bridgehead atoms. The predicted molar refractivity (Wildman–Crippen MR) is 130 cm³/mol. The van der Waals surface area contributed by atoms with E-state index in [1.807, 2.05) is 0 Å². The summed E-state index contributed by atoms with van der Waals surface area (Å²) in [5.74, 6) is -0.340. The van der Waals surface area contributed by atoms with Crippen LogP contribution in [0.3, 0.4) is 0 Å². The fourth-order valence-corrected chi connectivity index (χ4v) is 5.11. The summed E-state index contributed by atoms with van der Waals surface area (Å²) in [5.41, 5.74) is 1.11. The molecule has 2 aromatic carbocycles. The molecule has 182 valence electrons. The highest BCUT2D eigenvalue weighted by molar-refractivity contribution is 7.92. The topological polar surface area (TPSA) is 113 Å². The Morgan fingerprint density at radius 3 is 2.66 bits per heavy atom. The lowest BCUT2D eigenvalue weighted by Gasteiger charge is -2.11. The normalized spacial score (nSPS) is 11.3. The Hall–Kier alpha value is -3.48. The lowest BCUT2D eigenvalue weighted by molar-refractivity contribution is 0.371. The molecule has 0 atom stereocenters. The van der Waals surface area contributed by atoms with Gasteiger partial charge in [0.2, 0.25) is 5.13 Å². The highest BCUT2D eigenvalue weighted by Gasteiger charge is 2.21. The average molecular weight is 539 g/mol. The number of para-hydroxylation sites is 1. The second-order valence-corrected chi connectivity index (χ2v) is 10.1. The molecule has 0 aliphatic heterocycles. The van der Waals surface area contributed by atoms with Crippen LogP contribution in [0.25, 0.3) is 11.3 Å². The van der Waals surface area contributed by atoms with Crippen LogP contribution in [0.4, 0.5) is 19.6 Å². The van der Waals surface area contributed by atoms with E-state index in [0.29, 0.717) is 28.3 Å². The molecule has 13 heteroatoms. The number of halogens is 3. The molecule has 0 aliphatic rings. The second-order valence-electron chi connectivity index (χ2n) is 7.08. The predicted octanol–water partition coefficient (Wildman–Crippen LogP) is 5.26. The van der Waals surface area contributed by atoms with E-state index in [1.54, 1.807) is 18.2 Å². The molecule has 8 nitrogen and oxygen atoms in total. The number of nitrogens with one attached hydrogen (secondary N) is 2. The van der Waals surface area contributed by atoms with Crippen LogP contribution in [0.5, 0.6) is 11.5 Å². The SMILES string of the molecule is COc1cccc(CNc2ccc(S(=O)(=O)Nc3nc(-c4ccc(F)c(Cl)c4)c(F)s3)nc2)c1O. The van der Waals surface area contributed by atoms with Gasteiger partial charge in [-0.25, -0.2) is 14.4 Å². The Labute approximate surface area is 208 Å². The van der Waals surface area contributed by atoms with Crippen LogP contribution in [0.2, 0.25) is 5.02 Å². The highest BCUT2D eigenvalue weighted by atomic mass is 35.5. The Bertz CT molecular complexity index is 1480. The van der Waals surface area contributed by atoms with Gasteiger partial charge in [-0.3, -0.25) is 4.72 Å². The summed E-state index contributed by atoms with van der Waals surface area (Å²) in [7, 11) is -2.72. The van der Waals surface area contributed by atoms with Gasteiger partial charge in [-0.1, -0.05) is 35.1 Å². The van der Waals surface area contributed by atoms with E-state index in [0.717, 1.165) is 6.07 Å². The number of methoxy groups -OCH3 is 1. The zero-order valence-electron chi connectivity index (χ0n) is 17.9. The number of pyridine rings is 1. The number of anilines is 2. The Morgan fingerprint density at radius 1 is 1.17 bits per heavy atom. The fraction of sp³-hybridized carbons (Fsp3) is 0.0909. The van der Waals surface area contributed by atoms with Crippen LogP contribution >= 0.6 is 22.9 Å². The number of rotatable bonds is 8. The highest BCUT2D eigenvalue weighted by Crippen LogP contribution is 2.33. The maximum absolute atomic E-state index is 14.4. The van der Waals surface area contributed by atoms with Crippen molar-refractivity contribution in [3.8, 4) is 22.8 Å². The van der Waals surface area contributed by atoms with E-state index < -0.39 is 21.0 Å². The zero-order valence-corrected chi connectivity index (χ0v) is 20.3. The minimum atomic E-state index is -4.16. The Balaban J connectivity index is 1.46. The molecule has 0 amide bonds. The first-order valence-electron chi connectivity index (χ1n) is 9.87. The lowest BCUT2D eigenvalue weighted by Crippen LogP contribution is -2.14. The summed E-state index contributed by atoms with van der Waals surface area (Å²) < 4.78 is 60.4. The molecular formula is C22H17ClF2N4O4S2. The van der Waals surface area contributed by atoms with Gasteiger partial charge >= 0.3 is 0 Å². The number of hydrogen-bond acceptors (Lipinski definition) is 8. The molecule has 3 N–H and O–H groups in total. The van der Waals surface area contributed by atoms with Gasteiger partial charge in [0.05, 0.1) is 24.0 Å². The summed E-state index contributed by atoms with van der Waals surface area (Å²) >= 11 is 6.21. The molecule has 0 radical (unpaired) electrons. The third-order valence-electron chi connectivity index (χ3n) is 4.80. The average Bonchev–Trinajstić information content (AvgIpc) is 3.19. The second kappa shape index (κ2) is 10.0. The lowest BCUT2D eigenvalue weighted by atomic mass is 10.2. The summed E-state index contributed by atoms with van der Waals surface area (Å²) in [6.45, 7) is 0.240. The number of nitrogens with zero attached hydrogens (tertiary/aromatic N) is 2. The number of thiazole rings is 1. The summed E-state index contributed by atoms with van der Waals surface area (Å²) in [5, 5.41) is 11.7. The first-order chi connectivity index (χ1) is 16.7. The van der Waals surface area contributed by atoms with Gasteiger partial charge in [0.25, 0.3) is 10.0 Å². The summed E-state index contributed by atoms with van der Waals surface area (Å²) in [6.07, 6.45) is 1.31. The van der Waals surface area contributed by atoms with E-state index >= 15 is 0 Å². The van der Waals surface area contributed by atoms with Gasteiger partial charge in [0.15, 0.2) is 21.7 Å². The van der Waals surface area contributed by atoms with Gasteiger partial charge in [0, 0.05) is 17.7 Å². The maximum Gasteiger partial charge on any atom is 0.281 e. The van der Waals surface area contributed by atoms with Crippen molar-refractivity contribution in [2.45, 2.75) is 11.6 Å². The number of sulfonamides is 1. The molecule has 2 aromatic heterocycles. The number of phenolic OH excluding ortho intramolecular Hbond substituents is 1. The van der Waals surface area contributed by atoms with Crippen molar-refractivity contribution in [1.82, 2.24) is 9.97 Å². The molecule has 0 saturated heterocycles. The van der Waals surface area contributed by atoms with Crippen molar-refractivity contribution >= 4 is 43.8 Å². The standard InChI is InChI=1S/C22H17ClF2N4O4S2/c1-33-17-4-2-3-13(20(17)30)10-26-14-6-8-18(27-11-14)35(31,32)29-22-28-19(21(25)34-22)12-5-7-16(24)15(23)9-12/h2-9,11,26,30H,10H2,1H3,(H,28,29). The maximum atomic E-state index is 14.4. The van der Waals surface area contributed by atoms with Crippen molar-refractivity contribution in [2.24, 2.45) is 0 Å². The monoisotopic (exact) mass is 538 g/mol. The molecule has 0 aliphatic carbocycles. The van der Waals surface area contributed by atoms with Crippen molar-refractivity contribution in [2.75, 3.05) is 17.1 Å². The van der Waals surface area contributed by atoms with Crippen LogP contribution in [0, 0.1) is 10.9 Å². The van der Waals surface area contributed by atoms with Crippen LogP contribution in [0.15, 0.2) is 59.8 Å². The van der Waals surface area contributed by atoms with E-state index in [1.165, 1.54) is 37.6 Å². The fourth-order valence-electron chi connectivity index (χ4n) is 3.05. The van der Waals surface area contributed by atoms with Crippen LogP contribution in [-0.4, -0.2) is 30.6 Å². The van der Waals surface area contributed by atoms with Crippen molar-refractivity contribution < 1.29 is 27.0 Å². The van der Waals surface area contributed by atoms with Crippen molar-refractivity contribution in [3.05, 3.63) is 76.3 Å². The van der Waals surface area contributed by atoms with Crippen molar-refractivity contribution in [1.29, 1.82) is 0 Å². The molecule has 35 heavy (non-hydrogen) atoms. The number of hydrogen-bond donors (Lipinski definition) is 3. The summed E-state index contributed by atoms with van der Waals surface area (Å²) in [4.78, 5) is 7.91. The van der Waals surface area contributed by atoms with E-state index in [4.69, 9.17) is 16.3 Å². The number of benzene rings is 2. The molecule has 4 rings (SSSR count). The number of ether oxygens (including phenoxy) is 1. The molecule has 0 unspecified atom stereocenters. The Morgan fingerprint density at radius 2 is 1.97 bits per heavy atom. The molecule has 0 spiro atoms. The third-order valence-corrected chi connectivity index (χ3v) is 7.23. The quantitative estimate of drug-likeness (QED) is 0.280. The van der Waals surface area contributed by atoms with Gasteiger partial charge in [-0.15, -0.1) is 0 Å². The van der Waals surface area contributed by atoms with Crippen LogP contribution in [0.1, 0.15) is 5.56 Å². The third kappa shape index (κ3) is 5.45. The van der Waals surface area contributed by atoms with Crippen LogP contribution < -0.4 is 14.8 Å². The minimum Gasteiger partial charge on any atom is -0.504 e. The number of aromatic nitrogens is 2. The van der Waals surface area contributed by atoms with Crippen LogP contribution in [-0.2, 0) is 16.6 Å². The largest absolute Gasteiger partial charge is 0.504 e. The zero-order chi connectivity index (χ0) is 25.2. The van der Waals surface area contributed by atoms with Gasteiger partial charge in [-0.2, -0.15) is 12.8 Å². The van der Waals surface area contributed by atoms with Crippen molar-refractivity contribution in [3.63, 3.8) is 0 Å². The number of phenols is 1. The van der Waals surface area contributed by atoms with Gasteiger partial charge < -0.3 is 15.2 Å². The molecule has 0 fully saturated rings. The smallest absolute Gasteiger partial charge is 0.281 e. The van der Waals surface area contributed by atoms with E-state index in [-0.39, 0.29) is 38.7 Å². The van der Waals surface area contributed by atoms with Gasteiger partial charge in [-0.05, 0) is 36.4 Å². The minimum absolute atomic E-state index is 0.00295. The first-order valence-corrected chi connectivity index (χ1v) is 12.5. The van der Waals surface area contributed by atoms with Gasteiger partial charge in [0.1, 0.15) is 11.5 Å².